The Kier molecular flexibility index (Phi) is 60.2. The number of aliphatic hydroxyl groups excluding tert-OH is 1. The van der Waals surface area contributed by atoms with Crippen molar-refractivity contribution in [2.45, 2.75) is 359 Å². The summed E-state index contributed by atoms with van der Waals surface area (Å²) in [5, 5.41) is 12.0. The smallest absolute Gasteiger partial charge is 0.416 e. The van der Waals surface area contributed by atoms with Crippen LogP contribution in [0.2, 0.25) is 72.5 Å². The van der Waals surface area contributed by atoms with Gasteiger partial charge >= 0.3 is 19.8 Å². The number of methoxy groups -OCH3 is 4. The third-order valence-electron chi connectivity index (χ3n) is 30.2. The number of rotatable bonds is 49. The van der Waals surface area contributed by atoms with Gasteiger partial charge in [-0.25, -0.2) is 19.4 Å². The van der Waals surface area contributed by atoms with Crippen LogP contribution in [0, 0.1) is 65.1 Å². The normalized spacial score (nSPS) is 19.5. The summed E-state index contributed by atoms with van der Waals surface area (Å²) in [4.78, 5) is 107. The highest BCUT2D eigenvalue weighted by Gasteiger charge is 2.48. The number of carbonyl (C=O) groups is 9. The van der Waals surface area contributed by atoms with Crippen molar-refractivity contribution in [1.82, 2.24) is 15.1 Å². The molecule has 0 bridgehead atoms. The minimum Gasteiger partial charge on any atom is -0.447 e. The Morgan fingerprint density at radius 2 is 0.771 bits per heavy atom. The van der Waals surface area contributed by atoms with Crippen molar-refractivity contribution < 1.29 is 108 Å². The largest absolute Gasteiger partial charge is 0.447 e. The van der Waals surface area contributed by atoms with Crippen LogP contribution in [-0.4, -0.2) is 232 Å². The van der Waals surface area contributed by atoms with E-state index in [2.05, 4.69) is 234 Å². The van der Waals surface area contributed by atoms with Gasteiger partial charge in [-0.2, -0.15) is 0 Å². The van der Waals surface area contributed by atoms with Gasteiger partial charge in [0.1, 0.15) is 62.1 Å². The number of piperidine rings is 1. The van der Waals surface area contributed by atoms with E-state index in [4.69, 9.17) is 55.2 Å². The molecule has 0 spiro atoms. The van der Waals surface area contributed by atoms with Gasteiger partial charge in [-0.1, -0.05) is 285 Å². The first-order valence-electron chi connectivity index (χ1n) is 51.1. The Labute approximate surface area is 874 Å². The third-order valence-corrected chi connectivity index (χ3v) is 49.9. The van der Waals surface area contributed by atoms with E-state index in [1.165, 1.54) is 29.6 Å². The van der Waals surface area contributed by atoms with Gasteiger partial charge in [0.05, 0.1) is 36.5 Å². The van der Waals surface area contributed by atoms with E-state index in [9.17, 15) is 52.8 Å². The predicted molar refractivity (Wildman–Crippen MR) is 595 cm³/mol. The van der Waals surface area contributed by atoms with Crippen molar-refractivity contribution >= 4 is 95.0 Å². The molecule has 26 nitrogen and oxygen atoms in total. The average molecular weight is 2110 g/mol. The number of hydrogen-bond donors (Lipinski definition) is 2. The molecule has 2 aromatic rings. The summed E-state index contributed by atoms with van der Waals surface area (Å²) < 4.78 is 81.9. The van der Waals surface area contributed by atoms with Crippen LogP contribution >= 0.6 is 7.60 Å². The zero-order valence-electron chi connectivity index (χ0n) is 96.3. The first-order chi connectivity index (χ1) is 66.4. The molecule has 20 atom stereocenters. The Morgan fingerprint density at radius 3 is 1.05 bits per heavy atom. The molecule has 5 rings (SSSR count). The summed E-state index contributed by atoms with van der Waals surface area (Å²) in [5.41, 5.74) is 6.33. The van der Waals surface area contributed by atoms with Crippen LogP contribution in [0.3, 0.4) is 0 Å². The fraction of sp³-hybridized carbons (Fsp3) is 0.673. The van der Waals surface area contributed by atoms with Crippen LogP contribution in [-0.2, 0) is 106 Å². The molecule has 0 aliphatic carbocycles. The molecule has 3 aliphatic rings. The van der Waals surface area contributed by atoms with Crippen molar-refractivity contribution in [3.8, 4) is 0 Å². The van der Waals surface area contributed by atoms with Gasteiger partial charge < -0.3 is 65.1 Å². The van der Waals surface area contributed by atoms with Gasteiger partial charge in [-0.05, 0) is 159 Å². The Hall–Kier alpha value is -6.95. The summed E-state index contributed by atoms with van der Waals surface area (Å²) in [5.74, 6) is -1.02. The minimum atomic E-state index is -3.38. The Bertz CT molecular complexity index is 4480. The van der Waals surface area contributed by atoms with E-state index >= 15 is 0 Å². The molecule has 820 valence electrons. The van der Waals surface area contributed by atoms with E-state index in [1.54, 1.807) is 53.6 Å². The predicted octanol–water partition coefficient (Wildman–Crippen LogP) is 24.9. The fourth-order valence-electron chi connectivity index (χ4n) is 15.5. The van der Waals surface area contributed by atoms with Gasteiger partial charge in [0, 0.05) is 110 Å². The molecule has 6 amide bonds. The van der Waals surface area contributed by atoms with Gasteiger partial charge in [-0.15, -0.1) is 26.3 Å². The molecule has 3 fully saturated rings. The van der Waals surface area contributed by atoms with Crippen molar-refractivity contribution in [2.24, 2.45) is 65.1 Å². The molecular formula is C113H194N3O23PSi4. The molecule has 0 aromatic heterocycles. The van der Waals surface area contributed by atoms with Crippen LogP contribution in [0.4, 0.5) is 9.59 Å². The van der Waals surface area contributed by atoms with Gasteiger partial charge in [0.25, 0.3) is 0 Å². The number of allylic oxidation sites excluding steroid dienone is 4. The highest BCUT2D eigenvalue weighted by atomic mass is 31.2. The lowest BCUT2D eigenvalue weighted by Crippen LogP contribution is -2.49. The number of nitrogens with zero attached hydrogens (tertiary/aromatic N) is 2. The molecule has 3 aliphatic heterocycles. The summed E-state index contributed by atoms with van der Waals surface area (Å²) in [7, 11) is -2.04. The SMILES string of the molecule is C=C[C@H](OC)[C@@H](O[Si](C)(C)C(C)(C)C)[C@H](C)/C=C(/C)C=O.C=C[C@H](OC)[C@@H](O[Si](C)(C)C(C)(C)C)[C@H](C)/C=C(/C)[C@H](C)C(C)C(=O)CP(=O)(OC)OC.C=C[C@H](OC)[C@@H](O[Si](C)(C)C(C)(C)C)[C@H](C)/C=C(/C)[C@H](C)C(C)CO.C=C[C@H](OC)[C@@H](O[Si](C)(C)C(C)(C)C)[C@H](C)/C=C(/C)[C@H](C)[C@H](C)C(=O)N1C(=O)OC[C@H]1Cc1ccccc1.CCC(=O)N1C(=O)OC[C@H]1Cc1ccccc1.O=CCC1CC(=O)NC(=O)C1. The maximum absolute atomic E-state index is 13.6. The number of imide groups is 3. The number of carbonyl (C=O) groups excluding carboxylic acids is 9. The quantitative estimate of drug-likeness (QED) is 0.0155. The Morgan fingerprint density at radius 1 is 0.472 bits per heavy atom. The standard InChI is InChI=1S/C31H49NO5Si.C24H47O6PSi.C21H42O3Si.C17H32O3Si.C13H15NO3.C7H9NO3/c1-12-27(35-9)28(37-38(10,11)31(6,7)8)22(3)18-21(2)23(4)24(5)29(33)32-26(20-36-30(32)34)19-25-16-14-13-15-17-25;1-14-22(27-9)23(30-32(12,13)24(6,7)8)18(3)15-17(2)19(4)20(5)21(25)16-31(26,28-10)29-11;1-12-19(23-9)20(24-25(10,11)21(6,7)8)16(3)13-15(2)18(5)17(4)14-22;1-10-15(19-7)16(14(3)11-13(2)12-18)20-21(8,9)17(4,5)6;1-2-12(15)14-11(9-17-13(14)16)8-10-6-4-3-5-7-10;9-2-1-5-3-6(10)8-7(11)4-5/h12-18,22-24,26-28H,1,19-20H2,2-11H3;14-15,18-20,22-23H,1,16H2,2-13H3;12-13,16-20,22H,1,14H2,2-11H3;10-12,14-16H,1H2,2-9H3;3-7,11H,2,8-9H2,1H3;2,5H,1,3-4H2,(H,8,10,11)/b21-18-;17-15-;15-13-;13-11-;;/t22-,23+,24+,26-,27+,28+;18-,19+,20?,22+,23+;16-,17?,18+,19+,20+;14-,15+,16+;11-;/m11111./s1. The van der Waals surface area contributed by atoms with Crippen LogP contribution < -0.4 is 5.32 Å². The minimum absolute atomic E-state index is 0.0272. The molecule has 0 saturated carbocycles. The fourth-order valence-corrected chi connectivity index (χ4v) is 22.1. The number of aliphatic hydroxyl groups is 1. The zero-order chi connectivity index (χ0) is 112. The maximum atomic E-state index is 13.6. The summed E-state index contributed by atoms with van der Waals surface area (Å²) >= 11 is 0. The zero-order valence-corrected chi connectivity index (χ0v) is 101. The third kappa shape index (κ3) is 43.9. The van der Waals surface area contributed by atoms with Crippen molar-refractivity contribution in [3.05, 3.63) is 169 Å². The highest BCUT2D eigenvalue weighted by molar-refractivity contribution is 7.54. The topological polar surface area (TPSA) is 320 Å². The van der Waals surface area contributed by atoms with Gasteiger partial charge in [0.2, 0.25) is 23.6 Å². The second-order valence-electron chi connectivity index (χ2n) is 45.3. The number of nitrogens with one attached hydrogen (secondary N) is 1. The lowest BCUT2D eigenvalue weighted by atomic mass is 9.84. The lowest BCUT2D eigenvalue weighted by molar-refractivity contribution is -0.136. The number of amides is 6. The highest BCUT2D eigenvalue weighted by Crippen LogP contribution is 2.48. The van der Waals surface area contributed by atoms with Crippen LogP contribution in [0.15, 0.2) is 158 Å². The summed E-state index contributed by atoms with van der Waals surface area (Å²) in [6, 6.07) is 19.2. The summed E-state index contributed by atoms with van der Waals surface area (Å²) in [6.45, 7) is 91.4. The second-order valence-corrected chi connectivity index (χ2v) is 66.6. The van der Waals surface area contributed by atoms with E-state index in [0.717, 1.165) is 34.8 Å². The number of ketones is 1. The first-order valence-corrected chi connectivity index (χ1v) is 64.4. The first kappa shape index (κ1) is 137. The molecule has 3 heterocycles. The number of Topliss-reactive ketones (excluding diaryl/α,β-unsaturated/α-hetero) is 1. The van der Waals surface area contributed by atoms with E-state index in [0.29, 0.717) is 56.6 Å². The number of benzene rings is 2. The van der Waals surface area contributed by atoms with E-state index < -0.39 is 53.1 Å². The molecule has 3 saturated heterocycles. The number of hydrogen-bond acceptors (Lipinski definition) is 23. The number of aldehydes is 2. The van der Waals surface area contributed by atoms with Crippen LogP contribution in [0.1, 0.15) is 224 Å². The monoisotopic (exact) mass is 2100 g/mol. The van der Waals surface area contributed by atoms with Gasteiger partial charge in [0.15, 0.2) is 33.3 Å². The molecule has 0 radical (unpaired) electrons. The molecule has 2 aromatic carbocycles. The van der Waals surface area contributed by atoms with E-state index in [1.807, 2.05) is 121 Å². The average Bonchev–Trinajstić information content (AvgIpc) is 1.73. The number of ether oxygens (including phenoxy) is 6. The molecule has 31 heteroatoms. The molecule has 2 N–H and O–H groups in total. The van der Waals surface area contributed by atoms with E-state index in [-0.39, 0.29) is 189 Å². The number of cyclic esters (lactones) is 2. The molecule has 2 unspecified atom stereocenters. The Balaban J connectivity index is 0.00000176. The van der Waals surface area contributed by atoms with Crippen LogP contribution in [0.5, 0.6) is 0 Å². The maximum Gasteiger partial charge on any atom is 0.416 e. The summed E-state index contributed by atoms with van der Waals surface area (Å²) in [6.07, 6.45) is 17.1. The lowest BCUT2D eigenvalue weighted by Gasteiger charge is -2.42. The van der Waals surface area contributed by atoms with Gasteiger partial charge in [-0.3, -0.25) is 38.6 Å². The second kappa shape index (κ2) is 63.3. The van der Waals surface area contributed by atoms with Crippen molar-refractivity contribution in [1.29, 1.82) is 0 Å². The van der Waals surface area contributed by atoms with Crippen LogP contribution in [0.25, 0.3) is 0 Å². The van der Waals surface area contributed by atoms with Crippen molar-refractivity contribution in [3.63, 3.8) is 0 Å². The molecular weight excluding hydrogens is 1910 g/mol. The van der Waals surface area contributed by atoms with Crippen molar-refractivity contribution in [2.75, 3.05) is 68.6 Å². The molecule has 144 heavy (non-hydrogen) atoms.